The molecule has 0 spiro atoms. The van der Waals surface area contributed by atoms with Crippen LogP contribution in [0, 0.1) is 0 Å². The number of halogens is 1. The highest BCUT2D eigenvalue weighted by molar-refractivity contribution is 6.31. The number of hydrogen-bond donors (Lipinski definition) is 2. The van der Waals surface area contributed by atoms with E-state index in [0.717, 1.165) is 43.3 Å². The molecular formula is C22H24ClN3O. The van der Waals surface area contributed by atoms with Gasteiger partial charge in [0.15, 0.2) is 0 Å². The third-order valence-electron chi connectivity index (χ3n) is 5.75. The van der Waals surface area contributed by atoms with Crippen molar-refractivity contribution >= 4 is 28.2 Å². The Hall–Kier alpha value is -2.01. The van der Waals surface area contributed by atoms with Gasteiger partial charge in [0, 0.05) is 46.4 Å². The lowest BCUT2D eigenvalue weighted by atomic mass is 9.91. The lowest BCUT2D eigenvalue weighted by Gasteiger charge is -2.31. The van der Waals surface area contributed by atoms with Gasteiger partial charge in [-0.25, -0.2) is 0 Å². The first-order valence-electron chi connectivity index (χ1n) is 9.68. The molecule has 2 aromatic carbocycles. The molecule has 0 saturated carbocycles. The third kappa shape index (κ3) is 3.12. The maximum atomic E-state index is 6.26. The smallest absolute Gasteiger partial charge is 0.0734 e. The molecule has 0 aliphatic carbocycles. The number of H-pyrrole nitrogens is 1. The number of nitrogens with zero attached hydrogens (tertiary/aromatic N) is 1. The van der Waals surface area contributed by atoms with Crippen LogP contribution in [0.2, 0.25) is 5.02 Å². The summed E-state index contributed by atoms with van der Waals surface area (Å²) in [6, 6.07) is 15.7. The van der Waals surface area contributed by atoms with Crippen LogP contribution in [-0.2, 0) is 11.2 Å². The first-order valence-corrected chi connectivity index (χ1v) is 10.1. The van der Waals surface area contributed by atoms with Crippen molar-refractivity contribution in [2.24, 2.45) is 0 Å². The number of ether oxygens (including phenoxy) is 1. The van der Waals surface area contributed by atoms with Gasteiger partial charge in [-0.3, -0.25) is 0 Å². The first kappa shape index (κ1) is 17.1. The van der Waals surface area contributed by atoms with Crippen LogP contribution in [0.3, 0.4) is 0 Å². The first-order chi connectivity index (χ1) is 13.2. The average molecular weight is 382 g/mol. The molecule has 0 amide bonds. The highest BCUT2D eigenvalue weighted by Gasteiger charge is 2.28. The Labute approximate surface area is 164 Å². The minimum Gasteiger partial charge on any atom is -0.378 e. The topological polar surface area (TPSA) is 40.3 Å². The van der Waals surface area contributed by atoms with Gasteiger partial charge < -0.3 is 19.9 Å². The SMILES string of the molecule is C[C@H]1Cc2c([nH]c3ccc(Cl)cc23)[C@H](c2ccc(N3CCOCC3)cc2)N1. The molecular weight excluding hydrogens is 358 g/mol. The summed E-state index contributed by atoms with van der Waals surface area (Å²) in [5, 5.41) is 5.81. The molecule has 5 rings (SSSR count). The molecule has 0 unspecified atom stereocenters. The van der Waals surface area contributed by atoms with Crippen LogP contribution < -0.4 is 10.2 Å². The molecule has 2 N–H and O–H groups in total. The van der Waals surface area contributed by atoms with Gasteiger partial charge in [0.25, 0.3) is 0 Å². The Balaban J connectivity index is 1.51. The van der Waals surface area contributed by atoms with E-state index in [0.29, 0.717) is 6.04 Å². The Morgan fingerprint density at radius 2 is 1.85 bits per heavy atom. The Bertz CT molecular complexity index is 960. The summed E-state index contributed by atoms with van der Waals surface area (Å²) in [7, 11) is 0. The number of benzene rings is 2. The molecule has 1 saturated heterocycles. The summed E-state index contributed by atoms with van der Waals surface area (Å²) in [5.41, 5.74) is 6.38. The maximum Gasteiger partial charge on any atom is 0.0734 e. The number of morpholine rings is 1. The highest BCUT2D eigenvalue weighted by atomic mass is 35.5. The van der Waals surface area contributed by atoms with Crippen molar-refractivity contribution in [3.8, 4) is 0 Å². The molecule has 2 atom stereocenters. The summed E-state index contributed by atoms with van der Waals surface area (Å²) >= 11 is 6.26. The summed E-state index contributed by atoms with van der Waals surface area (Å²) in [5.74, 6) is 0. The van der Waals surface area contributed by atoms with E-state index < -0.39 is 0 Å². The minimum absolute atomic E-state index is 0.175. The van der Waals surface area contributed by atoms with E-state index in [9.17, 15) is 0 Å². The van der Waals surface area contributed by atoms with Crippen molar-refractivity contribution in [3.05, 3.63) is 64.3 Å². The molecule has 0 radical (unpaired) electrons. The van der Waals surface area contributed by atoms with Crippen molar-refractivity contribution in [3.63, 3.8) is 0 Å². The van der Waals surface area contributed by atoms with Gasteiger partial charge in [-0.15, -0.1) is 0 Å². The van der Waals surface area contributed by atoms with Crippen LogP contribution in [-0.4, -0.2) is 37.3 Å². The van der Waals surface area contributed by atoms with Crippen LogP contribution in [0.5, 0.6) is 0 Å². The van der Waals surface area contributed by atoms with Crippen LogP contribution in [0.15, 0.2) is 42.5 Å². The van der Waals surface area contributed by atoms with Crippen LogP contribution in [0.4, 0.5) is 5.69 Å². The molecule has 5 heteroatoms. The molecule has 3 aromatic rings. The van der Waals surface area contributed by atoms with E-state index in [1.807, 2.05) is 6.07 Å². The Morgan fingerprint density at radius 3 is 2.63 bits per heavy atom. The molecule has 1 aromatic heterocycles. The number of nitrogens with one attached hydrogen (secondary N) is 2. The van der Waals surface area contributed by atoms with Crippen molar-refractivity contribution in [2.75, 3.05) is 31.2 Å². The van der Waals surface area contributed by atoms with Crippen molar-refractivity contribution < 1.29 is 4.74 Å². The molecule has 0 bridgehead atoms. The Morgan fingerprint density at radius 1 is 1.07 bits per heavy atom. The predicted octanol–water partition coefficient (Wildman–Crippen LogP) is 4.28. The van der Waals surface area contributed by atoms with Crippen molar-refractivity contribution in [1.82, 2.24) is 10.3 Å². The lowest BCUT2D eigenvalue weighted by Crippen LogP contribution is -2.38. The molecule has 2 aliphatic heterocycles. The lowest BCUT2D eigenvalue weighted by molar-refractivity contribution is 0.122. The van der Waals surface area contributed by atoms with Gasteiger partial charge in [-0.05, 0) is 54.8 Å². The van der Waals surface area contributed by atoms with Crippen molar-refractivity contribution in [1.29, 1.82) is 0 Å². The number of aromatic nitrogens is 1. The second-order valence-corrected chi connectivity index (χ2v) is 8.04. The van der Waals surface area contributed by atoms with Gasteiger partial charge in [-0.2, -0.15) is 0 Å². The van der Waals surface area contributed by atoms with E-state index in [1.165, 1.54) is 27.9 Å². The normalized spacial score (nSPS) is 22.8. The quantitative estimate of drug-likeness (QED) is 0.696. The maximum absolute atomic E-state index is 6.26. The van der Waals surface area contributed by atoms with E-state index in [4.69, 9.17) is 16.3 Å². The molecule has 1 fully saturated rings. The minimum atomic E-state index is 0.175. The number of anilines is 1. The molecule has 3 heterocycles. The van der Waals surface area contributed by atoms with E-state index in [2.05, 4.69) is 58.5 Å². The fourth-order valence-corrected chi connectivity index (χ4v) is 4.57. The summed E-state index contributed by atoms with van der Waals surface area (Å²) < 4.78 is 5.46. The second kappa shape index (κ2) is 6.86. The fraction of sp³-hybridized carbons (Fsp3) is 0.364. The number of hydrogen-bond acceptors (Lipinski definition) is 3. The van der Waals surface area contributed by atoms with E-state index >= 15 is 0 Å². The second-order valence-electron chi connectivity index (χ2n) is 7.60. The molecule has 4 nitrogen and oxygen atoms in total. The molecule has 2 aliphatic rings. The van der Waals surface area contributed by atoms with Gasteiger partial charge in [0.05, 0.1) is 19.3 Å². The van der Waals surface area contributed by atoms with E-state index in [1.54, 1.807) is 0 Å². The van der Waals surface area contributed by atoms with Gasteiger partial charge in [0.2, 0.25) is 0 Å². The van der Waals surface area contributed by atoms with Crippen molar-refractivity contribution in [2.45, 2.75) is 25.4 Å². The number of fused-ring (bicyclic) bond motifs is 3. The summed E-state index contributed by atoms with van der Waals surface area (Å²) in [4.78, 5) is 6.03. The van der Waals surface area contributed by atoms with Gasteiger partial charge >= 0.3 is 0 Å². The number of aromatic amines is 1. The largest absolute Gasteiger partial charge is 0.378 e. The zero-order valence-corrected chi connectivity index (χ0v) is 16.2. The summed E-state index contributed by atoms with van der Waals surface area (Å²) in [6.07, 6.45) is 1.01. The highest BCUT2D eigenvalue weighted by Crippen LogP contribution is 2.36. The predicted molar refractivity (Wildman–Crippen MR) is 111 cm³/mol. The van der Waals surface area contributed by atoms with Gasteiger partial charge in [-0.1, -0.05) is 23.7 Å². The average Bonchev–Trinajstić information content (AvgIpc) is 3.06. The third-order valence-corrected chi connectivity index (χ3v) is 5.99. The zero-order chi connectivity index (χ0) is 18.4. The molecule has 140 valence electrons. The standard InChI is InChI=1S/C22H24ClN3O/c1-14-12-19-18-13-16(23)4-7-20(18)25-22(19)21(24-14)15-2-5-17(6-3-15)26-8-10-27-11-9-26/h2-7,13-14,21,24-25H,8-12H2,1H3/t14-,21-/m0/s1. The monoisotopic (exact) mass is 381 g/mol. The fourth-order valence-electron chi connectivity index (χ4n) is 4.40. The van der Waals surface area contributed by atoms with Crippen LogP contribution in [0.1, 0.15) is 29.8 Å². The molecule has 27 heavy (non-hydrogen) atoms. The number of rotatable bonds is 2. The summed E-state index contributed by atoms with van der Waals surface area (Å²) in [6.45, 7) is 5.80. The van der Waals surface area contributed by atoms with E-state index in [-0.39, 0.29) is 6.04 Å². The van der Waals surface area contributed by atoms with Crippen LogP contribution >= 0.6 is 11.6 Å². The van der Waals surface area contributed by atoms with Gasteiger partial charge in [0.1, 0.15) is 0 Å². The van der Waals surface area contributed by atoms with Crippen LogP contribution in [0.25, 0.3) is 10.9 Å². The zero-order valence-electron chi connectivity index (χ0n) is 15.5. The Kier molecular flexibility index (Phi) is 4.35.